The molecular weight excluding hydrogens is 270 g/mol. The van der Waals surface area contributed by atoms with Gasteiger partial charge in [-0.1, -0.05) is 6.92 Å². The number of nitrogens with zero attached hydrogens (tertiary/aromatic N) is 1. The molecule has 90 valence electrons. The quantitative estimate of drug-likeness (QED) is 0.867. The number of rotatable bonds is 5. The van der Waals surface area contributed by atoms with Gasteiger partial charge >= 0.3 is 0 Å². The largest absolute Gasteiger partial charge is 0.349 e. The van der Waals surface area contributed by atoms with Gasteiger partial charge in [-0.2, -0.15) is 0 Å². The molecule has 1 atom stereocenters. The van der Waals surface area contributed by atoms with E-state index in [1.807, 2.05) is 30.7 Å². The third-order valence-electron chi connectivity index (χ3n) is 2.49. The van der Waals surface area contributed by atoms with Crippen LogP contribution in [0.25, 0.3) is 0 Å². The number of nitrogens with two attached hydrogens (primary N) is 1. The highest BCUT2D eigenvalue weighted by atomic mass is 79.9. The molecule has 4 nitrogen and oxygen atoms in total. The van der Waals surface area contributed by atoms with Crippen molar-refractivity contribution in [2.75, 3.05) is 6.54 Å². The summed E-state index contributed by atoms with van der Waals surface area (Å²) in [6.07, 6.45) is 2.76. The first kappa shape index (κ1) is 13.3. The molecule has 0 fully saturated rings. The number of nitrogens with one attached hydrogen (secondary N) is 1. The van der Waals surface area contributed by atoms with Crippen molar-refractivity contribution in [3.05, 3.63) is 22.4 Å². The fourth-order valence-corrected chi connectivity index (χ4v) is 1.85. The maximum atomic E-state index is 11.8. The summed E-state index contributed by atoms with van der Waals surface area (Å²) in [6.45, 7) is 5.29. The SMILES string of the molecule is CCC(N)CNC(=O)c1cc(Br)cn1CC. The molecule has 0 aliphatic carbocycles. The molecule has 0 saturated carbocycles. The summed E-state index contributed by atoms with van der Waals surface area (Å²) in [5.74, 6) is -0.0727. The molecule has 5 heteroatoms. The van der Waals surface area contributed by atoms with Crippen molar-refractivity contribution in [1.82, 2.24) is 9.88 Å². The van der Waals surface area contributed by atoms with E-state index in [2.05, 4.69) is 21.2 Å². The van der Waals surface area contributed by atoms with Crippen LogP contribution >= 0.6 is 15.9 Å². The lowest BCUT2D eigenvalue weighted by molar-refractivity contribution is 0.0942. The van der Waals surface area contributed by atoms with Gasteiger partial charge in [-0.15, -0.1) is 0 Å². The van der Waals surface area contributed by atoms with E-state index >= 15 is 0 Å². The molecule has 1 heterocycles. The number of aromatic nitrogens is 1. The molecule has 0 radical (unpaired) electrons. The number of hydrogen-bond donors (Lipinski definition) is 2. The Hall–Kier alpha value is -0.810. The van der Waals surface area contributed by atoms with Crippen LogP contribution in [-0.4, -0.2) is 23.1 Å². The minimum atomic E-state index is -0.0727. The van der Waals surface area contributed by atoms with Crippen LogP contribution in [0, 0.1) is 0 Å². The third-order valence-corrected chi connectivity index (χ3v) is 2.92. The van der Waals surface area contributed by atoms with E-state index in [1.54, 1.807) is 0 Å². The number of carbonyl (C=O) groups excluding carboxylic acids is 1. The molecule has 0 bridgehead atoms. The predicted octanol–water partition coefficient (Wildman–Crippen LogP) is 1.74. The fraction of sp³-hybridized carbons (Fsp3) is 0.545. The molecule has 1 rings (SSSR count). The number of hydrogen-bond acceptors (Lipinski definition) is 2. The Kier molecular flexibility index (Phi) is 5.02. The lowest BCUT2D eigenvalue weighted by Crippen LogP contribution is -2.37. The second-order valence-electron chi connectivity index (χ2n) is 3.71. The first-order valence-electron chi connectivity index (χ1n) is 5.47. The highest BCUT2D eigenvalue weighted by Gasteiger charge is 2.12. The second kappa shape index (κ2) is 6.06. The fourth-order valence-electron chi connectivity index (χ4n) is 1.39. The maximum absolute atomic E-state index is 11.8. The minimum Gasteiger partial charge on any atom is -0.349 e. The molecule has 3 N–H and O–H groups in total. The Morgan fingerprint density at radius 3 is 2.88 bits per heavy atom. The van der Waals surface area contributed by atoms with Gasteiger partial charge in [0, 0.05) is 29.8 Å². The highest BCUT2D eigenvalue weighted by Crippen LogP contribution is 2.14. The van der Waals surface area contributed by atoms with E-state index in [0.717, 1.165) is 17.4 Å². The van der Waals surface area contributed by atoms with E-state index in [4.69, 9.17) is 5.73 Å². The summed E-state index contributed by atoms with van der Waals surface area (Å²) in [4.78, 5) is 11.8. The van der Waals surface area contributed by atoms with E-state index < -0.39 is 0 Å². The summed E-state index contributed by atoms with van der Waals surface area (Å²) < 4.78 is 2.82. The second-order valence-corrected chi connectivity index (χ2v) is 4.62. The number of halogens is 1. The zero-order valence-electron chi connectivity index (χ0n) is 9.66. The zero-order chi connectivity index (χ0) is 12.1. The molecule has 0 aliphatic heterocycles. The summed E-state index contributed by atoms with van der Waals surface area (Å²) in [5, 5.41) is 2.83. The maximum Gasteiger partial charge on any atom is 0.267 e. The van der Waals surface area contributed by atoms with Crippen molar-refractivity contribution < 1.29 is 4.79 Å². The highest BCUT2D eigenvalue weighted by molar-refractivity contribution is 9.10. The summed E-state index contributed by atoms with van der Waals surface area (Å²) in [5.41, 5.74) is 6.41. The van der Waals surface area contributed by atoms with Crippen LogP contribution < -0.4 is 11.1 Å². The smallest absolute Gasteiger partial charge is 0.267 e. The normalized spacial score (nSPS) is 12.5. The van der Waals surface area contributed by atoms with Gasteiger partial charge < -0.3 is 15.6 Å². The molecular formula is C11H18BrN3O. The van der Waals surface area contributed by atoms with Crippen molar-refractivity contribution in [2.45, 2.75) is 32.9 Å². The van der Waals surface area contributed by atoms with E-state index in [9.17, 15) is 4.79 Å². The van der Waals surface area contributed by atoms with Crippen LogP contribution in [0.3, 0.4) is 0 Å². The Morgan fingerprint density at radius 1 is 1.62 bits per heavy atom. The number of carbonyl (C=O) groups is 1. The summed E-state index contributed by atoms with van der Waals surface area (Å²) in [7, 11) is 0. The van der Waals surface area contributed by atoms with Crippen LogP contribution in [0.1, 0.15) is 30.8 Å². The standard InChI is InChI=1S/C11H18BrN3O/c1-3-9(13)6-14-11(16)10-5-8(12)7-15(10)4-2/h5,7,9H,3-4,6,13H2,1-2H3,(H,14,16). The van der Waals surface area contributed by atoms with Gasteiger partial charge in [0.15, 0.2) is 0 Å². The van der Waals surface area contributed by atoms with Crippen molar-refractivity contribution in [2.24, 2.45) is 5.73 Å². The van der Waals surface area contributed by atoms with E-state index in [0.29, 0.717) is 12.2 Å². The zero-order valence-corrected chi connectivity index (χ0v) is 11.3. The van der Waals surface area contributed by atoms with E-state index in [-0.39, 0.29) is 11.9 Å². The van der Waals surface area contributed by atoms with E-state index in [1.165, 1.54) is 0 Å². The topological polar surface area (TPSA) is 60.0 Å². The first-order valence-corrected chi connectivity index (χ1v) is 6.27. The van der Waals surface area contributed by atoms with Gasteiger partial charge in [-0.3, -0.25) is 4.79 Å². The van der Waals surface area contributed by atoms with Crippen molar-refractivity contribution in [3.63, 3.8) is 0 Å². The van der Waals surface area contributed by atoms with Crippen molar-refractivity contribution in [3.8, 4) is 0 Å². The summed E-state index contributed by atoms with van der Waals surface area (Å²) in [6, 6.07) is 1.84. The molecule has 1 aromatic heterocycles. The molecule has 16 heavy (non-hydrogen) atoms. The average Bonchev–Trinajstić information content (AvgIpc) is 2.66. The monoisotopic (exact) mass is 287 g/mol. The van der Waals surface area contributed by atoms with Crippen LogP contribution in [0.4, 0.5) is 0 Å². The molecule has 0 aliphatic rings. The van der Waals surface area contributed by atoms with Crippen LogP contribution in [-0.2, 0) is 6.54 Å². The Labute approximate surface area is 104 Å². The lowest BCUT2D eigenvalue weighted by Gasteiger charge is -2.11. The lowest BCUT2D eigenvalue weighted by atomic mass is 10.2. The van der Waals surface area contributed by atoms with Gasteiger partial charge in [0.25, 0.3) is 5.91 Å². The van der Waals surface area contributed by atoms with Gasteiger partial charge in [-0.25, -0.2) is 0 Å². The summed E-state index contributed by atoms with van der Waals surface area (Å²) >= 11 is 3.36. The minimum absolute atomic E-state index is 0.0254. The van der Waals surface area contributed by atoms with Gasteiger partial charge in [0.2, 0.25) is 0 Å². The van der Waals surface area contributed by atoms with Crippen molar-refractivity contribution >= 4 is 21.8 Å². The van der Waals surface area contributed by atoms with Crippen molar-refractivity contribution in [1.29, 1.82) is 0 Å². The molecule has 0 spiro atoms. The predicted molar refractivity (Wildman–Crippen MR) is 68.4 cm³/mol. The first-order chi connectivity index (χ1) is 7.58. The van der Waals surface area contributed by atoms with Crippen LogP contribution in [0.15, 0.2) is 16.7 Å². The van der Waals surface area contributed by atoms with Crippen LogP contribution in [0.2, 0.25) is 0 Å². The molecule has 1 unspecified atom stereocenters. The van der Waals surface area contributed by atoms with Gasteiger partial charge in [-0.05, 0) is 35.3 Å². The third kappa shape index (κ3) is 3.35. The van der Waals surface area contributed by atoms with Gasteiger partial charge in [0.05, 0.1) is 0 Å². The number of aryl methyl sites for hydroxylation is 1. The molecule has 0 aromatic carbocycles. The Bertz CT molecular complexity index is 362. The molecule has 0 saturated heterocycles. The van der Waals surface area contributed by atoms with Crippen LogP contribution in [0.5, 0.6) is 0 Å². The Morgan fingerprint density at radius 2 is 2.31 bits per heavy atom. The average molecular weight is 288 g/mol. The molecule has 1 aromatic rings. The van der Waals surface area contributed by atoms with Gasteiger partial charge in [0.1, 0.15) is 5.69 Å². The Balaban J connectivity index is 2.65. The number of amides is 1. The molecule has 1 amide bonds.